The topological polar surface area (TPSA) is 65.7 Å². The van der Waals surface area contributed by atoms with E-state index in [9.17, 15) is 9.59 Å². The smallest absolute Gasteiger partial charge is 0.379 e. The van der Waals surface area contributed by atoms with Gasteiger partial charge in [0, 0.05) is 26.0 Å². The summed E-state index contributed by atoms with van der Waals surface area (Å²) in [5.74, 6) is -0.229. The minimum Gasteiger partial charge on any atom is -0.452 e. The Morgan fingerprint density at radius 3 is 2.67 bits per heavy atom. The van der Waals surface area contributed by atoms with Crippen LogP contribution in [0.3, 0.4) is 0 Å². The molecule has 0 amide bonds. The Morgan fingerprint density at radius 2 is 1.88 bits per heavy atom. The van der Waals surface area contributed by atoms with Gasteiger partial charge in [-0.2, -0.15) is 0 Å². The molecule has 0 aliphatic carbocycles. The first-order valence-electron chi connectivity index (χ1n) is 9.74. The minimum absolute atomic E-state index is 0.0659. The van der Waals surface area contributed by atoms with Gasteiger partial charge in [0.1, 0.15) is 17.1 Å². The van der Waals surface area contributed by atoms with E-state index >= 15 is 0 Å². The van der Waals surface area contributed by atoms with Crippen LogP contribution in [0.2, 0.25) is 10.0 Å². The summed E-state index contributed by atoms with van der Waals surface area (Å²) in [6.45, 7) is 1.74. The third kappa shape index (κ3) is 4.17. The first-order valence-corrected chi connectivity index (χ1v) is 11.3. The Labute approximate surface area is 206 Å². The number of rotatable bonds is 3. The van der Waals surface area contributed by atoms with Crippen molar-refractivity contribution >= 4 is 67.9 Å². The predicted molar refractivity (Wildman–Crippen MR) is 129 cm³/mol. The first-order chi connectivity index (χ1) is 15.8. The highest BCUT2D eigenvalue weighted by molar-refractivity contribution is 9.10. The predicted octanol–water partition coefficient (Wildman–Crippen LogP) is 7.65. The number of ether oxygens (including phenoxy) is 2. The van der Waals surface area contributed by atoms with E-state index in [2.05, 4.69) is 15.9 Å². The number of hydrogen-bond donors (Lipinski definition) is 0. The van der Waals surface area contributed by atoms with E-state index in [1.165, 1.54) is 6.07 Å². The van der Waals surface area contributed by atoms with Crippen molar-refractivity contribution in [1.82, 2.24) is 0 Å². The van der Waals surface area contributed by atoms with E-state index in [-0.39, 0.29) is 23.1 Å². The van der Waals surface area contributed by atoms with Gasteiger partial charge in [0.2, 0.25) is 11.5 Å². The van der Waals surface area contributed by atoms with Gasteiger partial charge in [-0.15, -0.1) is 0 Å². The monoisotopic (exact) mass is 542 g/mol. The summed E-state index contributed by atoms with van der Waals surface area (Å²) in [7, 11) is 0. The van der Waals surface area contributed by atoms with Crippen LogP contribution >= 0.6 is 39.1 Å². The number of Topliss-reactive ketones (excluding diaryl/α,β-unsaturated/α-hetero) is 1. The van der Waals surface area contributed by atoms with Gasteiger partial charge in [-0.25, -0.2) is 4.79 Å². The molecular formula is C25H13BrCl2O5. The quantitative estimate of drug-likeness (QED) is 0.151. The zero-order valence-corrected chi connectivity index (χ0v) is 20.0. The maximum atomic E-state index is 12.9. The Hall–Kier alpha value is -3.06. The van der Waals surface area contributed by atoms with E-state index < -0.39 is 5.97 Å². The number of benzene rings is 3. The molecule has 0 saturated heterocycles. The molecule has 0 bridgehead atoms. The average Bonchev–Trinajstić information content (AvgIpc) is 3.31. The summed E-state index contributed by atoms with van der Waals surface area (Å²) in [4.78, 5) is 25.5. The molecule has 1 aliphatic heterocycles. The summed E-state index contributed by atoms with van der Waals surface area (Å²) in [6, 6.07) is 15.1. The molecule has 0 saturated carbocycles. The number of fused-ring (bicyclic) bond motifs is 2. The standard InChI is InChI=1S/C25H13BrCl2O5/c1-12-6-17(31-25(30)22-9-14-7-15(26)3-5-19(14)32-22)11-20-23(12)24(29)21(33-20)8-13-2-4-16(27)10-18(13)28/h2-11H,1H3/b21-8-. The third-order valence-corrected chi connectivity index (χ3v) is 6.14. The Balaban J connectivity index is 1.42. The molecule has 0 fully saturated rings. The van der Waals surface area contributed by atoms with E-state index in [4.69, 9.17) is 37.1 Å². The Bertz CT molecular complexity index is 1500. The molecule has 1 aromatic heterocycles. The lowest BCUT2D eigenvalue weighted by Gasteiger charge is -2.06. The summed E-state index contributed by atoms with van der Waals surface area (Å²) < 4.78 is 17.7. The molecule has 8 heteroatoms. The van der Waals surface area contributed by atoms with Crippen LogP contribution in [-0.4, -0.2) is 11.8 Å². The summed E-state index contributed by atoms with van der Waals surface area (Å²) in [6.07, 6.45) is 1.55. The zero-order chi connectivity index (χ0) is 23.3. The van der Waals surface area contributed by atoms with Crippen LogP contribution in [0.1, 0.15) is 32.0 Å². The van der Waals surface area contributed by atoms with Crippen molar-refractivity contribution in [2.75, 3.05) is 0 Å². The fraction of sp³-hybridized carbons (Fsp3) is 0.0400. The number of halogens is 3. The highest BCUT2D eigenvalue weighted by Gasteiger charge is 2.30. The fourth-order valence-electron chi connectivity index (χ4n) is 3.57. The second-order valence-electron chi connectivity index (χ2n) is 7.40. The van der Waals surface area contributed by atoms with E-state index in [0.29, 0.717) is 38.1 Å². The van der Waals surface area contributed by atoms with Crippen molar-refractivity contribution < 1.29 is 23.5 Å². The molecular weight excluding hydrogens is 531 g/mol. The summed E-state index contributed by atoms with van der Waals surface area (Å²) in [5.41, 5.74) is 2.18. The highest BCUT2D eigenvalue weighted by atomic mass is 79.9. The lowest BCUT2D eigenvalue weighted by atomic mass is 10.0. The number of carbonyl (C=O) groups is 2. The van der Waals surface area contributed by atoms with E-state index in [1.807, 2.05) is 12.1 Å². The Kier molecular flexibility index (Phi) is 5.52. The van der Waals surface area contributed by atoms with Gasteiger partial charge < -0.3 is 13.9 Å². The van der Waals surface area contributed by atoms with Crippen molar-refractivity contribution in [2.24, 2.45) is 0 Å². The van der Waals surface area contributed by atoms with Crippen molar-refractivity contribution in [2.45, 2.75) is 6.92 Å². The maximum absolute atomic E-state index is 12.9. The number of aryl methyl sites for hydroxylation is 1. The lowest BCUT2D eigenvalue weighted by molar-refractivity contribution is 0.0703. The SMILES string of the molecule is Cc1cc(OC(=O)c2cc3cc(Br)ccc3o2)cc2c1C(=O)/C(=C/c1ccc(Cl)cc1Cl)O2. The molecule has 4 aromatic rings. The molecule has 164 valence electrons. The van der Waals surface area contributed by atoms with Gasteiger partial charge in [0.15, 0.2) is 5.76 Å². The molecule has 0 spiro atoms. The minimum atomic E-state index is -0.658. The van der Waals surface area contributed by atoms with Gasteiger partial charge in [-0.3, -0.25) is 4.79 Å². The van der Waals surface area contributed by atoms with Gasteiger partial charge in [0.25, 0.3) is 0 Å². The van der Waals surface area contributed by atoms with Gasteiger partial charge in [-0.05, 0) is 66.6 Å². The number of furan rings is 1. The largest absolute Gasteiger partial charge is 0.452 e. The van der Waals surface area contributed by atoms with Crippen LogP contribution in [0.15, 0.2) is 69.2 Å². The third-order valence-electron chi connectivity index (χ3n) is 5.08. The van der Waals surface area contributed by atoms with Crippen molar-refractivity contribution in [1.29, 1.82) is 0 Å². The molecule has 0 N–H and O–H groups in total. The second kappa shape index (κ2) is 8.37. The normalized spacial score (nSPS) is 13.9. The Morgan fingerprint density at radius 1 is 1.06 bits per heavy atom. The highest BCUT2D eigenvalue weighted by Crippen LogP contribution is 2.38. The molecule has 0 unspecified atom stereocenters. The molecule has 3 aromatic carbocycles. The first kappa shape index (κ1) is 21.8. The molecule has 2 heterocycles. The van der Waals surface area contributed by atoms with Crippen LogP contribution in [0.5, 0.6) is 11.5 Å². The molecule has 5 nitrogen and oxygen atoms in total. The van der Waals surface area contributed by atoms with Crippen LogP contribution in [0.25, 0.3) is 17.0 Å². The fourth-order valence-corrected chi connectivity index (χ4v) is 4.41. The molecule has 0 radical (unpaired) electrons. The molecule has 33 heavy (non-hydrogen) atoms. The average molecular weight is 544 g/mol. The summed E-state index contributed by atoms with van der Waals surface area (Å²) >= 11 is 15.5. The maximum Gasteiger partial charge on any atom is 0.379 e. The van der Waals surface area contributed by atoms with Crippen LogP contribution in [0, 0.1) is 6.92 Å². The molecule has 0 atom stereocenters. The number of esters is 1. The number of allylic oxidation sites excluding steroid dienone is 1. The number of hydrogen-bond acceptors (Lipinski definition) is 5. The van der Waals surface area contributed by atoms with Crippen molar-refractivity contribution in [3.8, 4) is 11.5 Å². The molecule has 5 rings (SSSR count). The van der Waals surface area contributed by atoms with Crippen LogP contribution in [-0.2, 0) is 0 Å². The van der Waals surface area contributed by atoms with Gasteiger partial charge >= 0.3 is 5.97 Å². The van der Waals surface area contributed by atoms with Gasteiger partial charge in [0.05, 0.1) is 5.56 Å². The number of carbonyl (C=O) groups excluding carboxylic acids is 2. The van der Waals surface area contributed by atoms with Gasteiger partial charge in [-0.1, -0.05) is 45.2 Å². The van der Waals surface area contributed by atoms with Crippen LogP contribution < -0.4 is 9.47 Å². The lowest BCUT2D eigenvalue weighted by Crippen LogP contribution is -2.07. The van der Waals surface area contributed by atoms with Crippen molar-refractivity contribution in [3.63, 3.8) is 0 Å². The zero-order valence-electron chi connectivity index (χ0n) is 16.9. The number of ketones is 1. The second-order valence-corrected chi connectivity index (χ2v) is 9.16. The van der Waals surface area contributed by atoms with Crippen molar-refractivity contribution in [3.05, 3.63) is 97.3 Å². The summed E-state index contributed by atoms with van der Waals surface area (Å²) in [5, 5.41) is 1.65. The van der Waals surface area contributed by atoms with Crippen LogP contribution in [0.4, 0.5) is 0 Å². The van der Waals surface area contributed by atoms with E-state index in [1.54, 1.807) is 49.4 Å². The van der Waals surface area contributed by atoms with E-state index in [0.717, 1.165) is 9.86 Å². The molecule has 1 aliphatic rings.